The van der Waals surface area contributed by atoms with Crippen LogP contribution in [0, 0.1) is 12.7 Å². The molecule has 2 rings (SSSR count). The van der Waals surface area contributed by atoms with Crippen LogP contribution in [0.25, 0.3) is 0 Å². The molecule has 0 spiro atoms. The number of hydrogen-bond donors (Lipinski definition) is 1. The molecule has 24 heavy (non-hydrogen) atoms. The van der Waals surface area contributed by atoms with Gasteiger partial charge in [-0.15, -0.1) is 0 Å². The molecule has 0 aromatic heterocycles. The lowest BCUT2D eigenvalue weighted by atomic mass is 9.75. The van der Waals surface area contributed by atoms with E-state index in [1.54, 1.807) is 6.07 Å². The SMILES string of the molecule is CCCCNC(=O)c1cc(C)c(B2OC(C)(C)C(C)(C)O2)cc1F. The van der Waals surface area contributed by atoms with E-state index in [0.29, 0.717) is 12.0 Å². The average Bonchev–Trinajstić information content (AvgIpc) is 2.69. The Morgan fingerprint density at radius 2 is 1.79 bits per heavy atom. The minimum Gasteiger partial charge on any atom is -0.399 e. The fourth-order valence-electron chi connectivity index (χ4n) is 2.57. The minimum absolute atomic E-state index is 0.0591. The molecule has 1 fully saturated rings. The van der Waals surface area contributed by atoms with Crippen LogP contribution in [0.4, 0.5) is 4.39 Å². The van der Waals surface area contributed by atoms with Crippen molar-refractivity contribution in [2.45, 2.75) is 65.6 Å². The molecule has 132 valence electrons. The van der Waals surface area contributed by atoms with Gasteiger partial charge < -0.3 is 14.6 Å². The van der Waals surface area contributed by atoms with Crippen LogP contribution in [-0.4, -0.2) is 30.8 Å². The Morgan fingerprint density at radius 3 is 2.33 bits per heavy atom. The van der Waals surface area contributed by atoms with Gasteiger partial charge in [-0.25, -0.2) is 4.39 Å². The molecule has 0 unspecified atom stereocenters. The molecule has 4 nitrogen and oxygen atoms in total. The highest BCUT2D eigenvalue weighted by molar-refractivity contribution is 6.62. The van der Waals surface area contributed by atoms with Crippen LogP contribution in [-0.2, 0) is 9.31 Å². The minimum atomic E-state index is -0.637. The Bertz CT molecular complexity index is 615. The average molecular weight is 335 g/mol. The van der Waals surface area contributed by atoms with E-state index in [0.717, 1.165) is 18.4 Å². The van der Waals surface area contributed by atoms with Crippen LogP contribution in [0.5, 0.6) is 0 Å². The zero-order valence-corrected chi connectivity index (χ0v) is 15.5. The molecule has 0 bridgehead atoms. The van der Waals surface area contributed by atoms with E-state index in [2.05, 4.69) is 5.32 Å². The van der Waals surface area contributed by atoms with Crippen molar-refractivity contribution >= 4 is 18.5 Å². The number of unbranched alkanes of at least 4 members (excludes halogenated alkanes) is 1. The molecule has 1 aromatic carbocycles. The number of halogens is 1. The second-order valence-electron chi connectivity index (χ2n) is 7.39. The zero-order valence-electron chi connectivity index (χ0n) is 15.5. The number of carbonyl (C=O) groups is 1. The van der Waals surface area contributed by atoms with E-state index < -0.39 is 24.1 Å². The molecule has 1 aliphatic heterocycles. The van der Waals surface area contributed by atoms with E-state index in [9.17, 15) is 9.18 Å². The normalized spacial score (nSPS) is 18.7. The third-order valence-electron chi connectivity index (χ3n) is 4.92. The van der Waals surface area contributed by atoms with Crippen molar-refractivity contribution in [2.75, 3.05) is 6.54 Å². The third kappa shape index (κ3) is 3.65. The van der Waals surface area contributed by atoms with Gasteiger partial charge in [-0.05, 0) is 58.6 Å². The van der Waals surface area contributed by atoms with E-state index >= 15 is 0 Å². The van der Waals surface area contributed by atoms with Crippen LogP contribution in [0.3, 0.4) is 0 Å². The molecule has 1 aliphatic rings. The molecular formula is C18H27BFNO3. The summed E-state index contributed by atoms with van der Waals surface area (Å²) in [6.07, 6.45) is 1.85. The van der Waals surface area contributed by atoms with Crippen LogP contribution in [0.1, 0.15) is 63.4 Å². The van der Waals surface area contributed by atoms with Crippen molar-refractivity contribution in [3.05, 3.63) is 29.1 Å². The lowest BCUT2D eigenvalue weighted by Crippen LogP contribution is -2.41. The van der Waals surface area contributed by atoms with Gasteiger partial charge in [0.05, 0.1) is 16.8 Å². The first-order valence-electron chi connectivity index (χ1n) is 8.53. The summed E-state index contributed by atoms with van der Waals surface area (Å²) >= 11 is 0. The van der Waals surface area contributed by atoms with Gasteiger partial charge in [0, 0.05) is 6.54 Å². The number of carbonyl (C=O) groups excluding carboxylic acids is 1. The molecule has 1 amide bonds. The fraction of sp³-hybridized carbons (Fsp3) is 0.611. The van der Waals surface area contributed by atoms with Gasteiger partial charge in [0.1, 0.15) is 5.82 Å². The fourth-order valence-corrected chi connectivity index (χ4v) is 2.57. The molecule has 0 atom stereocenters. The summed E-state index contributed by atoms with van der Waals surface area (Å²) in [4.78, 5) is 12.1. The van der Waals surface area contributed by atoms with E-state index in [4.69, 9.17) is 9.31 Å². The van der Waals surface area contributed by atoms with Gasteiger partial charge in [-0.2, -0.15) is 0 Å². The summed E-state index contributed by atoms with van der Waals surface area (Å²) in [5, 5.41) is 2.74. The lowest BCUT2D eigenvalue weighted by molar-refractivity contribution is 0.00578. The molecule has 6 heteroatoms. The molecule has 1 heterocycles. The monoisotopic (exact) mass is 335 g/mol. The highest BCUT2D eigenvalue weighted by Crippen LogP contribution is 2.36. The van der Waals surface area contributed by atoms with Crippen molar-refractivity contribution in [2.24, 2.45) is 0 Å². The molecule has 0 aliphatic carbocycles. The van der Waals surface area contributed by atoms with Gasteiger partial charge in [-0.3, -0.25) is 4.79 Å². The summed E-state index contributed by atoms with van der Waals surface area (Å²) < 4.78 is 26.4. The maximum Gasteiger partial charge on any atom is 0.495 e. The standard InChI is InChI=1S/C18H27BFNO3/c1-7-8-9-21-16(22)13-10-12(2)14(11-15(13)20)19-23-17(3,4)18(5,6)24-19/h10-11H,7-9H2,1-6H3,(H,21,22). The molecular weight excluding hydrogens is 308 g/mol. The summed E-state index contributed by atoms with van der Waals surface area (Å²) in [5.41, 5.74) is 0.476. The highest BCUT2D eigenvalue weighted by atomic mass is 19.1. The van der Waals surface area contributed by atoms with Gasteiger partial charge >= 0.3 is 7.12 Å². The van der Waals surface area contributed by atoms with Gasteiger partial charge in [-0.1, -0.05) is 18.9 Å². The predicted octanol–water partition coefficient (Wildman–Crippen LogP) is 2.96. The first kappa shape index (κ1) is 18.9. The number of hydrogen-bond acceptors (Lipinski definition) is 3. The Kier molecular flexibility index (Phi) is 5.40. The summed E-state index contributed by atoms with van der Waals surface area (Å²) in [5.74, 6) is -0.941. The Balaban J connectivity index is 2.23. The van der Waals surface area contributed by atoms with Gasteiger partial charge in [0.2, 0.25) is 0 Å². The number of benzene rings is 1. The van der Waals surface area contributed by atoms with E-state index in [1.165, 1.54) is 6.07 Å². The maximum atomic E-state index is 14.5. The van der Waals surface area contributed by atoms with Gasteiger partial charge in [0.15, 0.2) is 0 Å². The summed E-state index contributed by atoms with van der Waals surface area (Å²) in [7, 11) is -0.637. The molecule has 0 saturated carbocycles. The van der Waals surface area contributed by atoms with Crippen LogP contribution >= 0.6 is 0 Å². The van der Waals surface area contributed by atoms with Crippen LogP contribution < -0.4 is 10.8 Å². The highest BCUT2D eigenvalue weighted by Gasteiger charge is 2.52. The van der Waals surface area contributed by atoms with E-state index in [-0.39, 0.29) is 11.5 Å². The number of nitrogens with one attached hydrogen (secondary N) is 1. The van der Waals surface area contributed by atoms with Crippen molar-refractivity contribution in [1.82, 2.24) is 5.32 Å². The first-order valence-corrected chi connectivity index (χ1v) is 8.53. The van der Waals surface area contributed by atoms with Crippen molar-refractivity contribution in [1.29, 1.82) is 0 Å². The quantitative estimate of drug-likeness (QED) is 0.665. The zero-order chi connectivity index (χ0) is 18.1. The molecule has 0 radical (unpaired) electrons. The Labute approximate surface area is 144 Å². The maximum absolute atomic E-state index is 14.5. The number of aryl methyl sites for hydroxylation is 1. The Morgan fingerprint density at radius 1 is 1.21 bits per heavy atom. The van der Waals surface area contributed by atoms with Crippen LogP contribution in [0.15, 0.2) is 12.1 Å². The number of amides is 1. The molecule has 1 N–H and O–H groups in total. The predicted molar refractivity (Wildman–Crippen MR) is 94.1 cm³/mol. The lowest BCUT2D eigenvalue weighted by Gasteiger charge is -2.32. The van der Waals surface area contributed by atoms with Crippen molar-refractivity contribution < 1.29 is 18.5 Å². The van der Waals surface area contributed by atoms with Crippen molar-refractivity contribution in [3.8, 4) is 0 Å². The molecule has 1 aromatic rings. The summed E-state index contributed by atoms with van der Waals surface area (Å²) in [6, 6.07) is 2.92. The largest absolute Gasteiger partial charge is 0.495 e. The Hall–Kier alpha value is -1.40. The summed E-state index contributed by atoms with van der Waals surface area (Å²) in [6.45, 7) is 12.2. The van der Waals surface area contributed by atoms with Crippen molar-refractivity contribution in [3.63, 3.8) is 0 Å². The number of rotatable bonds is 5. The third-order valence-corrected chi connectivity index (χ3v) is 4.92. The smallest absolute Gasteiger partial charge is 0.399 e. The molecule has 1 saturated heterocycles. The second kappa shape index (κ2) is 6.85. The van der Waals surface area contributed by atoms with Gasteiger partial charge in [0.25, 0.3) is 5.91 Å². The first-order chi connectivity index (χ1) is 11.1. The topological polar surface area (TPSA) is 47.6 Å². The van der Waals surface area contributed by atoms with E-state index in [1.807, 2.05) is 41.5 Å². The van der Waals surface area contributed by atoms with Crippen LogP contribution in [0.2, 0.25) is 0 Å². The second-order valence-corrected chi connectivity index (χ2v) is 7.39.